The molecule has 0 fully saturated rings. The Labute approximate surface area is 144 Å². The van der Waals surface area contributed by atoms with Crippen molar-refractivity contribution in [2.45, 2.75) is 13.0 Å². The summed E-state index contributed by atoms with van der Waals surface area (Å²) in [4.78, 5) is 2.41. The molecule has 2 heteroatoms. The molecule has 0 radical (unpaired) electrons. The number of methoxy groups -OCH3 is 1. The lowest BCUT2D eigenvalue weighted by Gasteiger charge is -2.25. The van der Waals surface area contributed by atoms with Gasteiger partial charge < -0.3 is 9.64 Å². The molecule has 3 aromatic rings. The summed E-state index contributed by atoms with van der Waals surface area (Å²) in [6.07, 6.45) is 1.02. The summed E-state index contributed by atoms with van der Waals surface area (Å²) >= 11 is 0. The minimum atomic E-state index is 0.890. The molecule has 0 amide bonds. The van der Waals surface area contributed by atoms with Gasteiger partial charge in [0.15, 0.2) is 0 Å². The highest BCUT2D eigenvalue weighted by molar-refractivity contribution is 5.51. The Bertz CT molecular complexity index is 740. The summed E-state index contributed by atoms with van der Waals surface area (Å²) in [6.45, 7) is 1.85. The van der Waals surface area contributed by atoms with E-state index >= 15 is 0 Å². The van der Waals surface area contributed by atoms with Crippen LogP contribution >= 0.6 is 0 Å². The average molecular weight is 317 g/mol. The van der Waals surface area contributed by atoms with E-state index in [-0.39, 0.29) is 0 Å². The van der Waals surface area contributed by atoms with Crippen molar-refractivity contribution in [3.05, 3.63) is 96.1 Å². The first kappa shape index (κ1) is 16.1. The van der Waals surface area contributed by atoms with Crippen molar-refractivity contribution in [2.24, 2.45) is 0 Å². The quantitative estimate of drug-likeness (QED) is 0.611. The van der Waals surface area contributed by atoms with Gasteiger partial charge in [-0.3, -0.25) is 0 Å². The van der Waals surface area contributed by atoms with E-state index in [2.05, 4.69) is 83.8 Å². The fourth-order valence-electron chi connectivity index (χ4n) is 2.82. The van der Waals surface area contributed by atoms with E-state index in [0.29, 0.717) is 0 Å². The van der Waals surface area contributed by atoms with Crippen LogP contribution in [0.3, 0.4) is 0 Å². The Balaban J connectivity index is 1.79. The van der Waals surface area contributed by atoms with E-state index in [1.807, 2.05) is 6.07 Å². The number of benzene rings is 3. The van der Waals surface area contributed by atoms with Gasteiger partial charge in [-0.1, -0.05) is 66.7 Å². The van der Waals surface area contributed by atoms with Crippen LogP contribution in [0, 0.1) is 0 Å². The van der Waals surface area contributed by atoms with Crippen LogP contribution in [0.25, 0.3) is 0 Å². The van der Waals surface area contributed by atoms with Gasteiger partial charge in [-0.05, 0) is 29.7 Å². The number of hydrogen-bond acceptors (Lipinski definition) is 2. The largest absolute Gasteiger partial charge is 0.497 e. The summed E-state index contributed by atoms with van der Waals surface area (Å²) in [7, 11) is 1.71. The maximum Gasteiger partial charge on any atom is 0.120 e. The normalized spacial score (nSPS) is 10.4. The number of nitrogens with zero attached hydrogens (tertiary/aromatic N) is 1. The molecule has 3 aromatic carbocycles. The molecule has 122 valence electrons. The van der Waals surface area contributed by atoms with Crippen molar-refractivity contribution in [2.75, 3.05) is 18.6 Å². The summed E-state index contributed by atoms with van der Waals surface area (Å²) in [5, 5.41) is 0. The number of ether oxygens (including phenoxy) is 1. The maximum atomic E-state index is 5.39. The van der Waals surface area contributed by atoms with Gasteiger partial charge in [0, 0.05) is 24.8 Å². The third-order valence-corrected chi connectivity index (χ3v) is 4.15. The Kier molecular flexibility index (Phi) is 5.52. The molecule has 3 rings (SSSR count). The summed E-state index contributed by atoms with van der Waals surface area (Å²) in [6, 6.07) is 29.5. The Morgan fingerprint density at radius 1 is 0.750 bits per heavy atom. The van der Waals surface area contributed by atoms with Gasteiger partial charge in [-0.15, -0.1) is 0 Å². The van der Waals surface area contributed by atoms with Crippen LogP contribution in [0.1, 0.15) is 11.1 Å². The predicted octanol–water partition coefficient (Wildman–Crippen LogP) is 4.94. The van der Waals surface area contributed by atoms with E-state index in [1.165, 1.54) is 16.8 Å². The van der Waals surface area contributed by atoms with E-state index in [1.54, 1.807) is 7.11 Å². The first-order chi connectivity index (χ1) is 11.8. The van der Waals surface area contributed by atoms with E-state index in [4.69, 9.17) is 4.74 Å². The number of anilines is 1. The molecule has 0 unspecified atom stereocenters. The zero-order valence-electron chi connectivity index (χ0n) is 14.1. The standard InChI is InChI=1S/C22H23NO/c1-24-22-14-8-13-21(17-22)23(18-20-11-6-3-7-12-20)16-15-19-9-4-2-5-10-19/h2-14,17H,15-16,18H2,1H3. The highest BCUT2D eigenvalue weighted by atomic mass is 16.5. The zero-order valence-corrected chi connectivity index (χ0v) is 14.1. The molecular weight excluding hydrogens is 294 g/mol. The summed E-state index contributed by atoms with van der Waals surface area (Å²) < 4.78 is 5.39. The van der Waals surface area contributed by atoms with Gasteiger partial charge in [0.25, 0.3) is 0 Å². The first-order valence-corrected chi connectivity index (χ1v) is 8.32. The smallest absolute Gasteiger partial charge is 0.120 e. The maximum absolute atomic E-state index is 5.39. The van der Waals surface area contributed by atoms with Crippen LogP contribution in [0.5, 0.6) is 5.75 Å². The minimum absolute atomic E-state index is 0.890. The van der Waals surface area contributed by atoms with Crippen molar-refractivity contribution in [3.63, 3.8) is 0 Å². The second-order valence-corrected chi connectivity index (χ2v) is 5.84. The zero-order chi connectivity index (χ0) is 16.6. The molecule has 0 aliphatic rings. The predicted molar refractivity (Wildman–Crippen MR) is 101 cm³/mol. The molecule has 0 atom stereocenters. The second kappa shape index (κ2) is 8.21. The molecule has 0 saturated heterocycles. The van der Waals surface area contributed by atoms with Gasteiger partial charge in [-0.25, -0.2) is 0 Å². The molecular formula is C22H23NO. The molecule has 0 N–H and O–H groups in total. The van der Waals surface area contributed by atoms with Gasteiger partial charge >= 0.3 is 0 Å². The Hall–Kier alpha value is -2.74. The van der Waals surface area contributed by atoms with Crippen LogP contribution in [0.4, 0.5) is 5.69 Å². The lowest BCUT2D eigenvalue weighted by molar-refractivity contribution is 0.414. The molecule has 2 nitrogen and oxygen atoms in total. The van der Waals surface area contributed by atoms with Crippen molar-refractivity contribution in [1.29, 1.82) is 0 Å². The van der Waals surface area contributed by atoms with Crippen molar-refractivity contribution in [1.82, 2.24) is 0 Å². The number of rotatable bonds is 7. The average Bonchev–Trinajstić information content (AvgIpc) is 2.67. The van der Waals surface area contributed by atoms with Crippen LogP contribution in [0.15, 0.2) is 84.9 Å². The van der Waals surface area contributed by atoms with Gasteiger partial charge in [0.1, 0.15) is 5.75 Å². The van der Waals surface area contributed by atoms with Crippen molar-refractivity contribution >= 4 is 5.69 Å². The first-order valence-electron chi connectivity index (χ1n) is 8.32. The van der Waals surface area contributed by atoms with Crippen LogP contribution in [-0.4, -0.2) is 13.7 Å². The lowest BCUT2D eigenvalue weighted by atomic mass is 10.1. The van der Waals surface area contributed by atoms with E-state index < -0.39 is 0 Å². The molecule has 0 aliphatic heterocycles. The molecule has 0 aliphatic carbocycles. The monoisotopic (exact) mass is 317 g/mol. The lowest BCUT2D eigenvalue weighted by Crippen LogP contribution is -2.25. The highest BCUT2D eigenvalue weighted by Gasteiger charge is 2.09. The van der Waals surface area contributed by atoms with Gasteiger partial charge in [0.2, 0.25) is 0 Å². The third-order valence-electron chi connectivity index (χ3n) is 4.15. The van der Waals surface area contributed by atoms with Crippen LogP contribution < -0.4 is 9.64 Å². The van der Waals surface area contributed by atoms with Crippen molar-refractivity contribution < 1.29 is 4.74 Å². The summed E-state index contributed by atoms with van der Waals surface area (Å²) in [5.41, 5.74) is 3.86. The Morgan fingerprint density at radius 2 is 1.42 bits per heavy atom. The molecule has 0 saturated carbocycles. The topological polar surface area (TPSA) is 12.5 Å². The highest BCUT2D eigenvalue weighted by Crippen LogP contribution is 2.23. The molecule has 0 bridgehead atoms. The van der Waals surface area contributed by atoms with Gasteiger partial charge in [0.05, 0.1) is 7.11 Å². The van der Waals surface area contributed by atoms with Crippen LogP contribution in [-0.2, 0) is 13.0 Å². The third kappa shape index (κ3) is 4.39. The van der Waals surface area contributed by atoms with Crippen LogP contribution in [0.2, 0.25) is 0 Å². The summed E-state index contributed by atoms with van der Waals surface area (Å²) in [5.74, 6) is 0.894. The van der Waals surface area contributed by atoms with E-state index in [0.717, 1.165) is 25.3 Å². The molecule has 0 spiro atoms. The Morgan fingerprint density at radius 3 is 2.08 bits per heavy atom. The second-order valence-electron chi connectivity index (χ2n) is 5.84. The molecule has 0 heterocycles. The van der Waals surface area contributed by atoms with E-state index in [9.17, 15) is 0 Å². The fraction of sp³-hybridized carbons (Fsp3) is 0.182. The minimum Gasteiger partial charge on any atom is -0.497 e. The SMILES string of the molecule is COc1cccc(N(CCc2ccccc2)Cc2ccccc2)c1. The van der Waals surface area contributed by atoms with Gasteiger partial charge in [-0.2, -0.15) is 0 Å². The molecule has 0 aromatic heterocycles. The van der Waals surface area contributed by atoms with Crippen molar-refractivity contribution in [3.8, 4) is 5.75 Å². The fourth-order valence-corrected chi connectivity index (χ4v) is 2.82. The molecule has 24 heavy (non-hydrogen) atoms. The number of hydrogen-bond donors (Lipinski definition) is 0.